The van der Waals surface area contributed by atoms with Crippen molar-refractivity contribution < 1.29 is 9.53 Å². The lowest BCUT2D eigenvalue weighted by Gasteiger charge is -2.16. The second-order valence-electron chi connectivity index (χ2n) is 4.72. The average Bonchev–Trinajstić information content (AvgIpc) is 2.80. The van der Waals surface area contributed by atoms with Crippen LogP contribution in [-0.2, 0) is 11.2 Å². The van der Waals surface area contributed by atoms with E-state index >= 15 is 0 Å². The van der Waals surface area contributed by atoms with Crippen LogP contribution in [0.1, 0.15) is 18.9 Å². The summed E-state index contributed by atoms with van der Waals surface area (Å²) in [7, 11) is 0. The van der Waals surface area contributed by atoms with E-state index in [-0.39, 0.29) is 11.8 Å². The van der Waals surface area contributed by atoms with Crippen LogP contribution in [0.5, 0.6) is 5.75 Å². The highest BCUT2D eigenvalue weighted by molar-refractivity contribution is 5.79. The molecule has 0 spiro atoms. The topological polar surface area (TPSA) is 53.3 Å². The summed E-state index contributed by atoms with van der Waals surface area (Å²) in [6.45, 7) is 3.65. The molecule has 1 atom stereocenters. The van der Waals surface area contributed by atoms with Crippen molar-refractivity contribution >= 4 is 5.91 Å². The summed E-state index contributed by atoms with van der Waals surface area (Å²) in [6.07, 6.45) is 1.33. The van der Waals surface area contributed by atoms with Crippen LogP contribution in [-0.4, -0.2) is 30.5 Å². The van der Waals surface area contributed by atoms with E-state index in [1.165, 1.54) is 5.56 Å². The molecule has 4 heteroatoms. The van der Waals surface area contributed by atoms with Crippen LogP contribution in [0.3, 0.4) is 0 Å². The van der Waals surface area contributed by atoms with Gasteiger partial charge in [0.05, 0.1) is 18.5 Å². The standard InChI is InChI=1S/C15H18N2O2/c1-2-12-4-3-5-14(8-12)19-7-6-17-11-13(10-16)9-15(17)18/h3-5,8,13H,2,6-7,9,11H2,1H3. The summed E-state index contributed by atoms with van der Waals surface area (Å²) in [6, 6.07) is 10.1. The zero-order valence-corrected chi connectivity index (χ0v) is 11.1. The molecule has 0 aromatic heterocycles. The molecule has 1 amide bonds. The highest BCUT2D eigenvalue weighted by Gasteiger charge is 2.28. The van der Waals surface area contributed by atoms with Gasteiger partial charge in [0.2, 0.25) is 5.91 Å². The van der Waals surface area contributed by atoms with Gasteiger partial charge < -0.3 is 9.64 Å². The first-order chi connectivity index (χ1) is 9.22. The van der Waals surface area contributed by atoms with Gasteiger partial charge in [-0.3, -0.25) is 4.79 Å². The van der Waals surface area contributed by atoms with Gasteiger partial charge in [-0.15, -0.1) is 0 Å². The predicted octanol–water partition coefficient (Wildman–Crippen LogP) is 2.00. The molecule has 0 bridgehead atoms. The second kappa shape index (κ2) is 6.24. The molecule has 1 aliphatic rings. The highest BCUT2D eigenvalue weighted by Crippen LogP contribution is 2.17. The third kappa shape index (κ3) is 3.47. The zero-order valence-electron chi connectivity index (χ0n) is 11.1. The van der Waals surface area contributed by atoms with E-state index in [0.29, 0.717) is 26.1 Å². The fraction of sp³-hybridized carbons (Fsp3) is 0.467. The summed E-state index contributed by atoms with van der Waals surface area (Å²) in [4.78, 5) is 13.3. The number of carbonyl (C=O) groups is 1. The van der Waals surface area contributed by atoms with E-state index in [9.17, 15) is 4.79 Å². The van der Waals surface area contributed by atoms with E-state index < -0.39 is 0 Å². The molecule has 1 aromatic carbocycles. The first-order valence-corrected chi connectivity index (χ1v) is 6.62. The number of nitrogens with zero attached hydrogens (tertiary/aromatic N) is 2. The maximum absolute atomic E-state index is 11.6. The van der Waals surface area contributed by atoms with Crippen LogP contribution in [0.4, 0.5) is 0 Å². The molecular weight excluding hydrogens is 240 g/mol. The number of rotatable bonds is 5. The van der Waals surface area contributed by atoms with Crippen LogP contribution < -0.4 is 4.74 Å². The van der Waals surface area contributed by atoms with Crippen molar-refractivity contribution in [2.24, 2.45) is 5.92 Å². The largest absolute Gasteiger partial charge is 0.492 e. The van der Waals surface area contributed by atoms with E-state index in [4.69, 9.17) is 10.00 Å². The first-order valence-electron chi connectivity index (χ1n) is 6.62. The van der Waals surface area contributed by atoms with Gasteiger partial charge in [0.25, 0.3) is 0 Å². The average molecular weight is 258 g/mol. The van der Waals surface area contributed by atoms with Crippen molar-refractivity contribution in [3.05, 3.63) is 29.8 Å². The van der Waals surface area contributed by atoms with Gasteiger partial charge in [0, 0.05) is 13.0 Å². The Balaban J connectivity index is 1.80. The maximum Gasteiger partial charge on any atom is 0.224 e. The number of aryl methyl sites for hydroxylation is 1. The fourth-order valence-electron chi connectivity index (χ4n) is 2.20. The number of carbonyl (C=O) groups excluding carboxylic acids is 1. The van der Waals surface area contributed by atoms with Gasteiger partial charge in [0.15, 0.2) is 0 Å². The van der Waals surface area contributed by atoms with Gasteiger partial charge >= 0.3 is 0 Å². The van der Waals surface area contributed by atoms with Crippen molar-refractivity contribution in [3.63, 3.8) is 0 Å². The maximum atomic E-state index is 11.6. The van der Waals surface area contributed by atoms with E-state index in [0.717, 1.165) is 12.2 Å². The van der Waals surface area contributed by atoms with E-state index in [1.54, 1.807) is 4.90 Å². The predicted molar refractivity (Wildman–Crippen MR) is 71.6 cm³/mol. The molecular formula is C15H18N2O2. The zero-order chi connectivity index (χ0) is 13.7. The van der Waals surface area contributed by atoms with Crippen molar-refractivity contribution in [2.45, 2.75) is 19.8 Å². The van der Waals surface area contributed by atoms with Crippen molar-refractivity contribution in [2.75, 3.05) is 19.7 Å². The molecule has 1 aromatic rings. The highest BCUT2D eigenvalue weighted by atomic mass is 16.5. The minimum absolute atomic E-state index is 0.0532. The van der Waals surface area contributed by atoms with Crippen LogP contribution in [0.15, 0.2) is 24.3 Å². The van der Waals surface area contributed by atoms with Gasteiger partial charge in [0.1, 0.15) is 12.4 Å². The first kappa shape index (κ1) is 13.4. The van der Waals surface area contributed by atoms with Crippen molar-refractivity contribution in [1.29, 1.82) is 5.26 Å². The number of benzene rings is 1. The molecule has 1 heterocycles. The van der Waals surface area contributed by atoms with Crippen LogP contribution in [0, 0.1) is 17.2 Å². The molecule has 4 nitrogen and oxygen atoms in total. The van der Waals surface area contributed by atoms with Gasteiger partial charge in [-0.1, -0.05) is 19.1 Å². The molecule has 2 rings (SSSR count). The lowest BCUT2D eigenvalue weighted by molar-refractivity contribution is -0.128. The third-order valence-corrected chi connectivity index (χ3v) is 3.33. The Labute approximate surface area is 113 Å². The molecule has 1 fully saturated rings. The smallest absolute Gasteiger partial charge is 0.224 e. The molecule has 19 heavy (non-hydrogen) atoms. The fourth-order valence-corrected chi connectivity index (χ4v) is 2.20. The Kier molecular flexibility index (Phi) is 4.40. The number of hydrogen-bond donors (Lipinski definition) is 0. The molecule has 0 saturated carbocycles. The lowest BCUT2D eigenvalue weighted by atomic mass is 10.1. The summed E-state index contributed by atoms with van der Waals surface area (Å²) < 4.78 is 5.65. The monoisotopic (exact) mass is 258 g/mol. The Bertz CT molecular complexity index is 493. The normalized spacial score (nSPS) is 18.4. The third-order valence-electron chi connectivity index (χ3n) is 3.33. The van der Waals surface area contributed by atoms with Crippen LogP contribution in [0.2, 0.25) is 0 Å². The van der Waals surface area contributed by atoms with Crippen molar-refractivity contribution in [1.82, 2.24) is 4.90 Å². The molecule has 0 radical (unpaired) electrons. The number of ether oxygens (including phenoxy) is 1. The lowest BCUT2D eigenvalue weighted by Crippen LogP contribution is -2.29. The minimum atomic E-state index is -0.157. The molecule has 1 unspecified atom stereocenters. The molecule has 0 N–H and O–H groups in total. The van der Waals surface area contributed by atoms with Gasteiger partial charge in [-0.25, -0.2) is 0 Å². The second-order valence-corrected chi connectivity index (χ2v) is 4.72. The number of amides is 1. The Morgan fingerprint density at radius 3 is 3.05 bits per heavy atom. The molecule has 100 valence electrons. The van der Waals surface area contributed by atoms with E-state index in [2.05, 4.69) is 19.1 Å². The Morgan fingerprint density at radius 2 is 2.37 bits per heavy atom. The van der Waals surface area contributed by atoms with E-state index in [1.807, 2.05) is 18.2 Å². The molecule has 0 aliphatic carbocycles. The van der Waals surface area contributed by atoms with Crippen LogP contribution in [0.25, 0.3) is 0 Å². The molecule has 1 aliphatic heterocycles. The SMILES string of the molecule is CCc1cccc(OCCN2CC(C#N)CC2=O)c1. The number of nitriles is 1. The Morgan fingerprint density at radius 1 is 1.53 bits per heavy atom. The van der Waals surface area contributed by atoms with Crippen molar-refractivity contribution in [3.8, 4) is 11.8 Å². The summed E-state index contributed by atoms with van der Waals surface area (Å²) in [5, 5.41) is 8.80. The number of hydrogen-bond acceptors (Lipinski definition) is 3. The summed E-state index contributed by atoms with van der Waals surface area (Å²) in [5.74, 6) is 0.733. The molecule has 1 saturated heterocycles. The minimum Gasteiger partial charge on any atom is -0.492 e. The summed E-state index contributed by atoms with van der Waals surface area (Å²) >= 11 is 0. The van der Waals surface area contributed by atoms with Gasteiger partial charge in [-0.05, 0) is 24.1 Å². The quantitative estimate of drug-likeness (QED) is 0.811. The Hall–Kier alpha value is -2.02. The van der Waals surface area contributed by atoms with Gasteiger partial charge in [-0.2, -0.15) is 5.26 Å². The van der Waals surface area contributed by atoms with Crippen LogP contribution >= 0.6 is 0 Å². The summed E-state index contributed by atoms with van der Waals surface area (Å²) in [5.41, 5.74) is 1.24. The number of likely N-dealkylation sites (tertiary alicyclic amines) is 1.